The topological polar surface area (TPSA) is 98.7 Å². The van der Waals surface area contributed by atoms with Gasteiger partial charge in [0.25, 0.3) is 0 Å². The van der Waals surface area contributed by atoms with Crippen molar-refractivity contribution in [3.05, 3.63) is 60.2 Å². The zero-order valence-corrected chi connectivity index (χ0v) is 19.9. The van der Waals surface area contributed by atoms with Crippen LogP contribution in [0.25, 0.3) is 0 Å². The molecule has 9 heteroatoms. The number of thioether (sulfide) groups is 2. The molecule has 0 spiro atoms. The van der Waals surface area contributed by atoms with Crippen LogP contribution in [0.4, 0.5) is 0 Å². The van der Waals surface area contributed by atoms with Crippen molar-refractivity contribution in [1.82, 2.24) is 10.6 Å². The summed E-state index contributed by atoms with van der Waals surface area (Å²) in [5, 5.41) is 24.7. The smallest absolute Gasteiger partial charge is 0.426 e. The molecule has 0 saturated heterocycles. The highest BCUT2D eigenvalue weighted by atomic mass is 32.2. The quantitative estimate of drug-likeness (QED) is 0.419. The summed E-state index contributed by atoms with van der Waals surface area (Å²) in [7, 11) is -1.67. The molecule has 0 fully saturated rings. The Morgan fingerprint density at radius 1 is 1.03 bits per heavy atom. The van der Waals surface area contributed by atoms with Crippen LogP contribution in [0.5, 0.6) is 0 Å². The van der Waals surface area contributed by atoms with E-state index in [1.165, 1.54) is 11.8 Å². The van der Waals surface area contributed by atoms with Gasteiger partial charge in [0.15, 0.2) is 0 Å². The van der Waals surface area contributed by atoms with Gasteiger partial charge in [0.05, 0.1) is 11.2 Å². The van der Waals surface area contributed by atoms with Gasteiger partial charge in [-0.05, 0) is 30.0 Å². The van der Waals surface area contributed by atoms with Crippen LogP contribution in [0.2, 0.25) is 0 Å². The Bertz CT molecular complexity index is 914. The average Bonchev–Trinajstić information content (AvgIpc) is 2.78. The summed E-state index contributed by atoms with van der Waals surface area (Å²) in [6.45, 7) is 3.89. The number of carbonyl (C=O) groups excluding carboxylic acids is 2. The number of nitrogens with one attached hydrogen (secondary N) is 2. The molecule has 170 valence electrons. The third-order valence-corrected chi connectivity index (χ3v) is 7.91. The molecule has 2 aromatic rings. The number of fused-ring (bicyclic) bond motifs is 1. The van der Waals surface area contributed by atoms with E-state index in [0.717, 1.165) is 15.4 Å². The second-order valence-electron chi connectivity index (χ2n) is 8.27. The summed E-state index contributed by atoms with van der Waals surface area (Å²) >= 11 is 3.15. The van der Waals surface area contributed by atoms with Crippen molar-refractivity contribution >= 4 is 42.5 Å². The number of hydrogen-bond acceptors (Lipinski definition) is 6. The molecule has 32 heavy (non-hydrogen) atoms. The number of amides is 2. The van der Waals surface area contributed by atoms with Gasteiger partial charge in [-0.2, -0.15) is 0 Å². The lowest BCUT2D eigenvalue weighted by molar-refractivity contribution is -0.128. The van der Waals surface area contributed by atoms with Gasteiger partial charge >= 0.3 is 7.12 Å². The van der Waals surface area contributed by atoms with Gasteiger partial charge < -0.3 is 20.7 Å². The van der Waals surface area contributed by atoms with E-state index in [-0.39, 0.29) is 17.1 Å². The fraction of sp³-hybridized carbons (Fsp3) is 0.391. The molecule has 3 atom stereocenters. The van der Waals surface area contributed by atoms with Crippen LogP contribution in [-0.2, 0) is 16.0 Å². The molecular formula is C23H29BN2O4S2. The van der Waals surface area contributed by atoms with Crippen LogP contribution in [0.15, 0.2) is 64.4 Å². The molecule has 1 unspecified atom stereocenters. The zero-order chi connectivity index (χ0) is 23.1. The standard InChI is InChI=1S/C23H29BN2O4S2/c1-15(2)12-21(24(29)30)26-22(27)17(13-16-8-4-3-5-9-16)25-23(28)20-14-31-18-10-6-7-11-19(18)32-20/h3-11,15,17,20-21,29-30H,12-14H2,1-2H3,(H,25,28)(H,26,27)/t17-,20?,21-/m0/s1. The molecule has 3 rings (SSSR count). The monoisotopic (exact) mass is 472 g/mol. The van der Waals surface area contributed by atoms with Gasteiger partial charge in [-0.15, -0.1) is 23.5 Å². The van der Waals surface area contributed by atoms with E-state index in [0.29, 0.717) is 18.6 Å². The second kappa shape index (κ2) is 11.8. The summed E-state index contributed by atoms with van der Waals surface area (Å²) < 4.78 is 0. The number of carbonyl (C=O) groups is 2. The Labute approximate surface area is 198 Å². The fourth-order valence-corrected chi connectivity index (χ4v) is 6.01. The average molecular weight is 472 g/mol. The Morgan fingerprint density at radius 3 is 2.34 bits per heavy atom. The summed E-state index contributed by atoms with van der Waals surface area (Å²) in [6.07, 6.45) is 0.733. The van der Waals surface area contributed by atoms with Crippen molar-refractivity contribution in [2.24, 2.45) is 5.92 Å². The first kappa shape index (κ1) is 24.7. The van der Waals surface area contributed by atoms with Crippen LogP contribution in [0.1, 0.15) is 25.8 Å². The Hall–Kier alpha value is -1.94. The van der Waals surface area contributed by atoms with Crippen molar-refractivity contribution in [1.29, 1.82) is 0 Å². The van der Waals surface area contributed by atoms with Crippen LogP contribution >= 0.6 is 23.5 Å². The van der Waals surface area contributed by atoms with Crippen molar-refractivity contribution in [2.45, 2.75) is 53.7 Å². The van der Waals surface area contributed by atoms with Gasteiger partial charge in [-0.3, -0.25) is 9.59 Å². The summed E-state index contributed by atoms with van der Waals surface area (Å²) in [4.78, 5) is 28.4. The van der Waals surface area contributed by atoms with Crippen molar-refractivity contribution < 1.29 is 19.6 Å². The largest absolute Gasteiger partial charge is 0.475 e. The minimum Gasteiger partial charge on any atom is -0.426 e. The third kappa shape index (κ3) is 7.03. The minimum absolute atomic E-state index is 0.167. The molecule has 1 aliphatic heterocycles. The molecule has 2 aromatic carbocycles. The van der Waals surface area contributed by atoms with E-state index in [4.69, 9.17) is 0 Å². The summed E-state index contributed by atoms with van der Waals surface area (Å²) in [6, 6.07) is 16.6. The van der Waals surface area contributed by atoms with Crippen molar-refractivity contribution in [3.8, 4) is 0 Å². The summed E-state index contributed by atoms with van der Waals surface area (Å²) in [5.74, 6) is -0.629. The second-order valence-corrected chi connectivity index (χ2v) is 10.6. The highest BCUT2D eigenvalue weighted by molar-refractivity contribution is 8.06. The fourth-order valence-electron chi connectivity index (χ4n) is 3.52. The highest BCUT2D eigenvalue weighted by Crippen LogP contribution is 2.40. The van der Waals surface area contributed by atoms with E-state index in [9.17, 15) is 19.6 Å². The predicted molar refractivity (Wildman–Crippen MR) is 130 cm³/mol. The zero-order valence-electron chi connectivity index (χ0n) is 18.2. The number of hydrogen-bond donors (Lipinski definition) is 4. The van der Waals surface area contributed by atoms with E-state index in [1.54, 1.807) is 11.8 Å². The SMILES string of the molecule is CC(C)C[C@H](NC(=O)[C@H](Cc1ccccc1)NC(=O)C1CSc2ccccc2S1)B(O)O. The van der Waals surface area contributed by atoms with E-state index < -0.39 is 25.0 Å². The first-order valence-electron chi connectivity index (χ1n) is 10.7. The minimum atomic E-state index is -1.67. The Morgan fingerprint density at radius 2 is 1.69 bits per heavy atom. The number of benzene rings is 2. The molecular weight excluding hydrogens is 443 g/mol. The van der Waals surface area contributed by atoms with Crippen LogP contribution in [0.3, 0.4) is 0 Å². The van der Waals surface area contributed by atoms with Crippen LogP contribution in [-0.4, -0.2) is 52.0 Å². The van der Waals surface area contributed by atoms with E-state index in [2.05, 4.69) is 10.6 Å². The molecule has 4 N–H and O–H groups in total. The predicted octanol–water partition coefficient (Wildman–Crippen LogP) is 2.52. The molecule has 0 radical (unpaired) electrons. The Kier molecular flexibility index (Phi) is 9.10. The van der Waals surface area contributed by atoms with Gasteiger partial charge in [0.2, 0.25) is 11.8 Å². The summed E-state index contributed by atoms with van der Waals surface area (Å²) in [5.41, 5.74) is 0.911. The lowest BCUT2D eigenvalue weighted by atomic mass is 9.75. The van der Waals surface area contributed by atoms with Crippen molar-refractivity contribution in [3.63, 3.8) is 0 Å². The van der Waals surface area contributed by atoms with Crippen molar-refractivity contribution in [2.75, 3.05) is 5.75 Å². The maximum Gasteiger partial charge on any atom is 0.475 e. The van der Waals surface area contributed by atoms with Gasteiger partial charge in [-0.1, -0.05) is 56.3 Å². The van der Waals surface area contributed by atoms with Gasteiger partial charge in [0.1, 0.15) is 6.04 Å². The van der Waals surface area contributed by atoms with E-state index >= 15 is 0 Å². The van der Waals surface area contributed by atoms with Crippen LogP contribution in [0, 0.1) is 5.92 Å². The number of rotatable bonds is 9. The first-order chi connectivity index (χ1) is 15.3. The maximum atomic E-state index is 13.1. The molecule has 1 aliphatic rings. The molecule has 0 bridgehead atoms. The Balaban J connectivity index is 1.72. The maximum absolute atomic E-state index is 13.1. The normalized spacial score (nSPS) is 17.2. The first-order valence-corrected chi connectivity index (χ1v) is 12.6. The lowest BCUT2D eigenvalue weighted by Crippen LogP contribution is -2.56. The molecule has 0 aromatic heterocycles. The van der Waals surface area contributed by atoms with Crippen LogP contribution < -0.4 is 10.6 Å². The van der Waals surface area contributed by atoms with E-state index in [1.807, 2.05) is 68.4 Å². The lowest BCUT2D eigenvalue weighted by Gasteiger charge is -2.27. The molecule has 6 nitrogen and oxygen atoms in total. The third-order valence-electron chi connectivity index (χ3n) is 5.13. The highest BCUT2D eigenvalue weighted by Gasteiger charge is 2.32. The van der Waals surface area contributed by atoms with Gasteiger partial charge in [0, 0.05) is 22.0 Å². The molecule has 2 amide bonds. The molecule has 0 saturated carbocycles. The molecule has 1 heterocycles. The van der Waals surface area contributed by atoms with Gasteiger partial charge in [-0.25, -0.2) is 0 Å². The molecule has 0 aliphatic carbocycles.